The zero-order valence-electron chi connectivity index (χ0n) is 12.6. The molecule has 0 heterocycles. The van der Waals surface area contributed by atoms with Crippen LogP contribution in [0.1, 0.15) is 30.5 Å². The van der Waals surface area contributed by atoms with Gasteiger partial charge in [-0.25, -0.2) is 0 Å². The van der Waals surface area contributed by atoms with Crippen LogP contribution in [-0.2, 0) is 0 Å². The van der Waals surface area contributed by atoms with Crippen LogP contribution in [0.3, 0.4) is 0 Å². The Bertz CT molecular complexity index is 589. The van der Waals surface area contributed by atoms with Gasteiger partial charge in [-0.1, -0.05) is 49.1 Å². The molecule has 0 aliphatic carbocycles. The molecule has 108 valence electrons. The Morgan fingerprint density at radius 1 is 1.05 bits per heavy atom. The summed E-state index contributed by atoms with van der Waals surface area (Å²) in [5.41, 5.74) is 2.29. The molecule has 0 fully saturated rings. The molecule has 0 bridgehead atoms. The van der Waals surface area contributed by atoms with E-state index in [9.17, 15) is 0 Å². The maximum absolute atomic E-state index is 5.64. The number of nitrogens with one attached hydrogen (secondary N) is 1. The fourth-order valence-electron chi connectivity index (χ4n) is 2.18. The minimum absolute atomic E-state index is 0.400. The van der Waals surface area contributed by atoms with Crippen LogP contribution >= 0.6 is 0 Å². The van der Waals surface area contributed by atoms with Crippen LogP contribution in [0.25, 0.3) is 0 Å². The van der Waals surface area contributed by atoms with Crippen molar-refractivity contribution >= 4 is 0 Å². The Morgan fingerprint density at radius 3 is 2.38 bits per heavy atom. The van der Waals surface area contributed by atoms with Crippen molar-refractivity contribution in [2.24, 2.45) is 0 Å². The van der Waals surface area contributed by atoms with Gasteiger partial charge in [-0.05, 0) is 43.3 Å². The molecule has 1 N–H and O–H groups in total. The third-order valence-corrected chi connectivity index (χ3v) is 3.36. The molecular weight excluding hydrogens is 258 g/mol. The Hall–Kier alpha value is -2.24. The lowest BCUT2D eigenvalue weighted by molar-refractivity contribution is 0.370. The van der Waals surface area contributed by atoms with Gasteiger partial charge in [0.15, 0.2) is 0 Å². The van der Waals surface area contributed by atoms with Crippen molar-refractivity contribution in [2.75, 3.05) is 13.7 Å². The van der Waals surface area contributed by atoms with Crippen LogP contribution in [0.5, 0.6) is 5.75 Å². The normalized spacial score (nSPS) is 11.3. The molecule has 21 heavy (non-hydrogen) atoms. The molecular formula is C19H21NO. The summed E-state index contributed by atoms with van der Waals surface area (Å²) in [7, 11) is 1.98. The number of rotatable bonds is 5. The monoisotopic (exact) mass is 279 g/mol. The maximum Gasteiger partial charge on any atom is 0.149 e. The summed E-state index contributed by atoms with van der Waals surface area (Å²) in [4.78, 5) is 0. The molecule has 0 aromatic heterocycles. The summed E-state index contributed by atoms with van der Waals surface area (Å²) < 4.78 is 5.64. The van der Waals surface area contributed by atoms with Crippen LogP contribution in [0.2, 0.25) is 0 Å². The summed E-state index contributed by atoms with van der Waals surface area (Å²) in [5, 5.41) is 3.29. The first-order valence-corrected chi connectivity index (χ1v) is 7.27. The molecule has 1 unspecified atom stereocenters. The largest absolute Gasteiger partial charge is 0.481 e. The van der Waals surface area contributed by atoms with Crippen LogP contribution in [-0.4, -0.2) is 13.7 Å². The molecule has 0 saturated carbocycles. The molecule has 1 atom stereocenters. The van der Waals surface area contributed by atoms with Crippen LogP contribution < -0.4 is 10.1 Å². The standard InChI is InChI=1S/C19H21NO/c1-3-19(20-2)17-11-13-18(14-12-17)21-15-7-10-16-8-5-4-6-9-16/h4-6,8-9,11-14,19-20H,3,15H2,1-2H3. The molecule has 0 aliphatic rings. The number of hydrogen-bond donors (Lipinski definition) is 1. The van der Waals surface area contributed by atoms with Gasteiger partial charge in [0, 0.05) is 11.6 Å². The second-order valence-corrected chi connectivity index (χ2v) is 4.78. The molecule has 0 amide bonds. The summed E-state index contributed by atoms with van der Waals surface area (Å²) in [6.45, 7) is 2.57. The first-order valence-electron chi connectivity index (χ1n) is 7.27. The van der Waals surface area contributed by atoms with Crippen molar-refractivity contribution in [1.82, 2.24) is 5.32 Å². The van der Waals surface area contributed by atoms with E-state index in [0.717, 1.165) is 17.7 Å². The molecule has 2 nitrogen and oxygen atoms in total. The molecule has 2 heteroatoms. The quantitative estimate of drug-likeness (QED) is 0.841. The van der Waals surface area contributed by atoms with Crippen molar-refractivity contribution in [1.29, 1.82) is 0 Å². The van der Waals surface area contributed by atoms with Crippen molar-refractivity contribution in [3.63, 3.8) is 0 Å². The SMILES string of the molecule is CCC(NC)c1ccc(OCC#Cc2ccccc2)cc1. The topological polar surface area (TPSA) is 21.3 Å². The van der Waals surface area contributed by atoms with Crippen LogP contribution in [0, 0.1) is 11.8 Å². The molecule has 2 rings (SSSR count). The Labute approximate surface area is 127 Å². The fraction of sp³-hybridized carbons (Fsp3) is 0.263. The predicted octanol–water partition coefficient (Wildman–Crippen LogP) is 3.79. The Morgan fingerprint density at radius 2 is 1.76 bits per heavy atom. The van der Waals surface area contributed by atoms with Gasteiger partial charge in [-0.2, -0.15) is 0 Å². The van der Waals surface area contributed by atoms with Crippen molar-refractivity contribution in [3.05, 3.63) is 65.7 Å². The number of benzene rings is 2. The van der Waals surface area contributed by atoms with Crippen molar-refractivity contribution in [2.45, 2.75) is 19.4 Å². The van der Waals surface area contributed by atoms with E-state index >= 15 is 0 Å². The minimum atomic E-state index is 0.400. The van der Waals surface area contributed by atoms with Gasteiger partial charge in [0.05, 0.1) is 0 Å². The highest BCUT2D eigenvalue weighted by Gasteiger charge is 2.05. The average Bonchev–Trinajstić information content (AvgIpc) is 2.55. The molecule has 0 aliphatic heterocycles. The molecule has 0 saturated heterocycles. The zero-order chi connectivity index (χ0) is 14.9. The fourth-order valence-corrected chi connectivity index (χ4v) is 2.18. The third kappa shape index (κ3) is 4.66. The summed E-state index contributed by atoms with van der Waals surface area (Å²) in [6, 6.07) is 18.5. The molecule has 0 spiro atoms. The van der Waals surface area contributed by atoms with E-state index in [4.69, 9.17) is 4.74 Å². The van der Waals surface area contributed by atoms with E-state index < -0.39 is 0 Å². The Kier molecular flexibility index (Phi) is 5.87. The number of ether oxygens (including phenoxy) is 1. The van der Waals surface area contributed by atoms with Crippen LogP contribution in [0.4, 0.5) is 0 Å². The highest BCUT2D eigenvalue weighted by molar-refractivity contribution is 5.34. The van der Waals surface area contributed by atoms with Gasteiger partial charge in [0.2, 0.25) is 0 Å². The van der Waals surface area contributed by atoms with Gasteiger partial charge in [0.1, 0.15) is 12.4 Å². The number of hydrogen-bond acceptors (Lipinski definition) is 2. The van der Waals surface area contributed by atoms with E-state index in [-0.39, 0.29) is 0 Å². The van der Waals surface area contributed by atoms with Gasteiger partial charge in [0.25, 0.3) is 0 Å². The van der Waals surface area contributed by atoms with E-state index in [0.29, 0.717) is 12.6 Å². The predicted molar refractivity (Wildman–Crippen MR) is 87.3 cm³/mol. The molecule has 2 aromatic rings. The summed E-state index contributed by atoms with van der Waals surface area (Å²) >= 11 is 0. The summed E-state index contributed by atoms with van der Waals surface area (Å²) in [5.74, 6) is 6.96. The van der Waals surface area contributed by atoms with Gasteiger partial charge in [-0.15, -0.1) is 0 Å². The average molecular weight is 279 g/mol. The first-order chi connectivity index (χ1) is 10.3. The van der Waals surface area contributed by atoms with Crippen molar-refractivity contribution < 1.29 is 4.74 Å². The smallest absolute Gasteiger partial charge is 0.149 e. The zero-order valence-corrected chi connectivity index (χ0v) is 12.6. The minimum Gasteiger partial charge on any atom is -0.481 e. The van der Waals surface area contributed by atoms with Gasteiger partial charge < -0.3 is 10.1 Å². The lowest BCUT2D eigenvalue weighted by atomic mass is 10.1. The third-order valence-electron chi connectivity index (χ3n) is 3.36. The second-order valence-electron chi connectivity index (χ2n) is 4.78. The van der Waals surface area contributed by atoms with E-state index in [1.54, 1.807) is 0 Å². The lowest BCUT2D eigenvalue weighted by Gasteiger charge is -2.14. The highest BCUT2D eigenvalue weighted by atomic mass is 16.5. The van der Waals surface area contributed by atoms with Crippen LogP contribution in [0.15, 0.2) is 54.6 Å². The van der Waals surface area contributed by atoms with Gasteiger partial charge in [-0.3, -0.25) is 0 Å². The lowest BCUT2D eigenvalue weighted by Crippen LogP contribution is -2.14. The second kappa shape index (κ2) is 8.14. The Balaban J connectivity index is 1.88. The maximum atomic E-state index is 5.64. The van der Waals surface area contributed by atoms with E-state index in [1.165, 1.54) is 5.56 Å². The summed E-state index contributed by atoms with van der Waals surface area (Å²) in [6.07, 6.45) is 1.07. The van der Waals surface area contributed by atoms with Crippen molar-refractivity contribution in [3.8, 4) is 17.6 Å². The first kappa shape index (κ1) is 15.2. The van der Waals surface area contributed by atoms with Gasteiger partial charge >= 0.3 is 0 Å². The van der Waals surface area contributed by atoms with E-state index in [1.807, 2.05) is 49.5 Å². The highest BCUT2D eigenvalue weighted by Crippen LogP contribution is 2.19. The van der Waals surface area contributed by atoms with E-state index in [2.05, 4.69) is 36.2 Å². The molecule has 2 aromatic carbocycles. The molecule has 0 radical (unpaired) electrons.